The van der Waals surface area contributed by atoms with Crippen molar-refractivity contribution in [2.45, 2.75) is 120 Å². The van der Waals surface area contributed by atoms with Gasteiger partial charge in [0.15, 0.2) is 12.3 Å². The van der Waals surface area contributed by atoms with E-state index in [1.165, 1.54) is 4.90 Å². The molecule has 1 fully saturated rings. The maximum Gasteiger partial charge on any atom is 0.311 e. The standard InChI is InChI=1S/C35H54N2O9/c1-32(2,3)29(40)44-19-23-25(45-30(41)33(4,5)6)20-43-28(26(23)46-31(42)34(7,8)9)37(21-38)24(27(39)36-35(10,11)12)18-22-16-14-13-15-17-22/h13-17,21,23-26,28H,18-20H2,1-12H3,(H,36,39)/t23-,24-,25-,26+,28+/m1/s1. The summed E-state index contributed by atoms with van der Waals surface area (Å²) < 4.78 is 23.9. The molecule has 0 spiro atoms. The number of amides is 2. The second kappa shape index (κ2) is 15.0. The summed E-state index contributed by atoms with van der Waals surface area (Å²) in [5, 5.41) is 2.95. The maximum absolute atomic E-state index is 13.8. The Morgan fingerprint density at radius 1 is 0.848 bits per heavy atom. The summed E-state index contributed by atoms with van der Waals surface area (Å²) in [5.74, 6) is -3.05. The minimum Gasteiger partial charge on any atom is -0.465 e. The summed E-state index contributed by atoms with van der Waals surface area (Å²) >= 11 is 0. The number of benzene rings is 1. The molecule has 0 saturated carbocycles. The van der Waals surface area contributed by atoms with Crippen molar-refractivity contribution in [2.75, 3.05) is 13.2 Å². The lowest BCUT2D eigenvalue weighted by Gasteiger charge is -2.47. The molecule has 11 heteroatoms. The second-order valence-electron chi connectivity index (χ2n) is 16.0. The summed E-state index contributed by atoms with van der Waals surface area (Å²) in [5.41, 5.74) is -2.52. The van der Waals surface area contributed by atoms with Crippen LogP contribution in [0.3, 0.4) is 0 Å². The Morgan fingerprint density at radius 3 is 1.85 bits per heavy atom. The Kier molecular flexibility index (Phi) is 12.6. The van der Waals surface area contributed by atoms with Crippen LogP contribution < -0.4 is 5.32 Å². The highest BCUT2D eigenvalue weighted by Gasteiger charge is 2.51. The Labute approximate surface area is 274 Å². The Hall–Kier alpha value is -3.47. The maximum atomic E-state index is 13.8. The molecule has 258 valence electrons. The molecule has 2 rings (SSSR count). The van der Waals surface area contributed by atoms with E-state index < -0.39 is 76.0 Å². The molecule has 1 aliphatic rings. The summed E-state index contributed by atoms with van der Waals surface area (Å²) in [7, 11) is 0. The van der Waals surface area contributed by atoms with Crippen LogP contribution in [0.4, 0.5) is 0 Å². The van der Waals surface area contributed by atoms with Crippen molar-refractivity contribution in [1.29, 1.82) is 0 Å². The fraction of sp³-hybridized carbons (Fsp3) is 0.686. The first-order valence-corrected chi connectivity index (χ1v) is 15.8. The van der Waals surface area contributed by atoms with E-state index in [4.69, 9.17) is 18.9 Å². The zero-order chi connectivity index (χ0) is 35.3. The van der Waals surface area contributed by atoms with Gasteiger partial charge in [0, 0.05) is 12.0 Å². The van der Waals surface area contributed by atoms with Crippen molar-refractivity contribution in [3.05, 3.63) is 35.9 Å². The number of ether oxygens (including phenoxy) is 4. The van der Waals surface area contributed by atoms with E-state index in [1.807, 2.05) is 51.1 Å². The van der Waals surface area contributed by atoms with Crippen LogP contribution in [0.1, 0.15) is 88.6 Å². The van der Waals surface area contributed by atoms with Crippen molar-refractivity contribution in [3.63, 3.8) is 0 Å². The molecule has 1 saturated heterocycles. The number of esters is 3. The average Bonchev–Trinajstić information content (AvgIpc) is 2.91. The highest BCUT2D eigenvalue weighted by atomic mass is 16.6. The minimum atomic E-state index is -1.29. The highest BCUT2D eigenvalue weighted by molar-refractivity contribution is 5.84. The Balaban J connectivity index is 2.68. The largest absolute Gasteiger partial charge is 0.465 e. The van der Waals surface area contributed by atoms with E-state index in [9.17, 15) is 24.0 Å². The van der Waals surface area contributed by atoms with Crippen LogP contribution in [-0.4, -0.2) is 78.4 Å². The lowest BCUT2D eigenvalue weighted by Crippen LogP contribution is -2.64. The average molecular weight is 647 g/mol. The molecule has 1 heterocycles. The van der Waals surface area contributed by atoms with Gasteiger partial charge in [-0.2, -0.15) is 0 Å². The van der Waals surface area contributed by atoms with Crippen LogP contribution >= 0.6 is 0 Å². The fourth-order valence-electron chi connectivity index (χ4n) is 4.50. The van der Waals surface area contributed by atoms with Gasteiger partial charge in [0.25, 0.3) is 0 Å². The monoisotopic (exact) mass is 646 g/mol. The molecule has 46 heavy (non-hydrogen) atoms. The van der Waals surface area contributed by atoms with Gasteiger partial charge in [-0.3, -0.25) is 24.0 Å². The third-order valence-corrected chi connectivity index (χ3v) is 7.21. The first-order chi connectivity index (χ1) is 21.0. The van der Waals surface area contributed by atoms with Gasteiger partial charge < -0.3 is 29.2 Å². The number of nitrogens with zero attached hydrogens (tertiary/aromatic N) is 1. The Bertz CT molecular complexity index is 1220. The zero-order valence-corrected chi connectivity index (χ0v) is 29.6. The van der Waals surface area contributed by atoms with Crippen molar-refractivity contribution < 1.29 is 42.9 Å². The van der Waals surface area contributed by atoms with E-state index in [-0.39, 0.29) is 19.6 Å². The predicted molar refractivity (Wildman–Crippen MR) is 172 cm³/mol. The van der Waals surface area contributed by atoms with Gasteiger partial charge in [-0.05, 0) is 88.6 Å². The molecule has 1 aromatic carbocycles. The second-order valence-corrected chi connectivity index (χ2v) is 16.0. The van der Waals surface area contributed by atoms with Crippen LogP contribution in [-0.2, 0) is 49.3 Å². The summed E-state index contributed by atoms with van der Waals surface area (Å²) in [6, 6.07) is 8.12. The summed E-state index contributed by atoms with van der Waals surface area (Å²) in [6.45, 7) is 20.2. The van der Waals surface area contributed by atoms with Gasteiger partial charge in [0.2, 0.25) is 12.3 Å². The van der Waals surface area contributed by atoms with E-state index in [2.05, 4.69) is 5.32 Å². The third kappa shape index (κ3) is 11.1. The molecule has 2 amide bonds. The molecule has 0 aromatic heterocycles. The van der Waals surface area contributed by atoms with Gasteiger partial charge in [-0.15, -0.1) is 0 Å². The summed E-state index contributed by atoms with van der Waals surface area (Å²) in [6.07, 6.45) is -2.94. The number of carbonyl (C=O) groups is 5. The number of hydrogen-bond acceptors (Lipinski definition) is 9. The first kappa shape index (κ1) is 38.7. The molecule has 5 atom stereocenters. The zero-order valence-electron chi connectivity index (χ0n) is 29.6. The molecule has 0 aliphatic carbocycles. The molecule has 1 aliphatic heterocycles. The van der Waals surface area contributed by atoms with E-state index >= 15 is 0 Å². The van der Waals surface area contributed by atoms with Crippen molar-refractivity contribution in [3.8, 4) is 0 Å². The van der Waals surface area contributed by atoms with E-state index in [1.54, 1.807) is 62.3 Å². The van der Waals surface area contributed by atoms with Crippen molar-refractivity contribution >= 4 is 30.2 Å². The van der Waals surface area contributed by atoms with Crippen molar-refractivity contribution in [2.24, 2.45) is 22.2 Å². The van der Waals surface area contributed by atoms with Crippen molar-refractivity contribution in [1.82, 2.24) is 10.2 Å². The van der Waals surface area contributed by atoms with Crippen LogP contribution in [0.25, 0.3) is 0 Å². The molecule has 0 bridgehead atoms. The molecule has 1 N–H and O–H groups in total. The van der Waals surface area contributed by atoms with Gasteiger partial charge in [0.05, 0.1) is 28.8 Å². The number of carbonyl (C=O) groups excluding carboxylic acids is 5. The van der Waals surface area contributed by atoms with Gasteiger partial charge in [-0.25, -0.2) is 0 Å². The van der Waals surface area contributed by atoms with Gasteiger partial charge in [-0.1, -0.05) is 30.3 Å². The fourth-order valence-corrected chi connectivity index (χ4v) is 4.50. The van der Waals surface area contributed by atoms with Crippen LogP contribution in [0.2, 0.25) is 0 Å². The summed E-state index contributed by atoms with van der Waals surface area (Å²) in [4.78, 5) is 67.4. The molecular formula is C35H54N2O9. The third-order valence-electron chi connectivity index (χ3n) is 7.21. The molecule has 0 unspecified atom stereocenters. The predicted octanol–water partition coefficient (Wildman–Crippen LogP) is 4.45. The van der Waals surface area contributed by atoms with E-state index in [0.717, 1.165) is 5.56 Å². The lowest BCUT2D eigenvalue weighted by molar-refractivity contribution is -0.241. The number of nitrogens with one attached hydrogen (secondary N) is 1. The highest BCUT2D eigenvalue weighted by Crippen LogP contribution is 2.34. The quantitative estimate of drug-likeness (QED) is 0.222. The van der Waals surface area contributed by atoms with Crippen LogP contribution in [0.15, 0.2) is 30.3 Å². The lowest BCUT2D eigenvalue weighted by atomic mass is 9.89. The molecule has 11 nitrogen and oxygen atoms in total. The normalized spacial score (nSPS) is 21.4. The Morgan fingerprint density at radius 2 is 1.37 bits per heavy atom. The smallest absolute Gasteiger partial charge is 0.311 e. The molecular weight excluding hydrogens is 592 g/mol. The van der Waals surface area contributed by atoms with Gasteiger partial charge >= 0.3 is 17.9 Å². The number of rotatable bonds is 10. The number of hydrogen-bond donors (Lipinski definition) is 1. The SMILES string of the molecule is CC(C)(C)NC(=O)[C@@H](Cc1ccccc1)N(C=O)[C@H]1OC[C@@H](OC(=O)C(C)(C)C)[C@@H](COC(=O)C(C)(C)C)[C@@H]1OC(=O)C(C)(C)C. The van der Waals surface area contributed by atoms with E-state index in [0.29, 0.717) is 6.41 Å². The van der Waals surface area contributed by atoms with Crippen LogP contribution in [0, 0.1) is 22.2 Å². The molecule has 0 radical (unpaired) electrons. The minimum absolute atomic E-state index is 0.132. The molecule has 1 aromatic rings. The van der Waals surface area contributed by atoms with Crippen LogP contribution in [0.5, 0.6) is 0 Å². The first-order valence-electron chi connectivity index (χ1n) is 15.8. The van der Waals surface area contributed by atoms with Gasteiger partial charge in [0.1, 0.15) is 18.8 Å². The topological polar surface area (TPSA) is 138 Å².